The number of carbonyl (C=O) groups is 1. The largest absolute Gasteiger partial charge is 0.372 e. The molecule has 1 aliphatic heterocycles. The van der Waals surface area contributed by atoms with E-state index >= 15 is 0 Å². The smallest absolute Gasteiger partial charge is 0.152 e. The molecule has 1 aromatic heterocycles. The SMILES string of the molecule is O=Cc1c[nH]c2ccc3c(c12)COC3. The Morgan fingerprint density at radius 1 is 1.36 bits per heavy atom. The molecule has 2 heterocycles. The van der Waals surface area contributed by atoms with Gasteiger partial charge in [0.1, 0.15) is 0 Å². The lowest BCUT2D eigenvalue weighted by molar-refractivity contribution is 0.112. The van der Waals surface area contributed by atoms with Crippen LogP contribution in [0.4, 0.5) is 0 Å². The van der Waals surface area contributed by atoms with Gasteiger partial charge in [0.2, 0.25) is 0 Å². The summed E-state index contributed by atoms with van der Waals surface area (Å²) in [5, 5.41) is 1.02. The third-order valence-electron chi connectivity index (χ3n) is 2.71. The lowest BCUT2D eigenvalue weighted by Gasteiger charge is -1.99. The summed E-state index contributed by atoms with van der Waals surface area (Å²) in [4.78, 5) is 13.9. The number of H-pyrrole nitrogens is 1. The predicted octanol–water partition coefficient (Wildman–Crippen LogP) is 2.01. The van der Waals surface area contributed by atoms with Crippen LogP contribution in [0.3, 0.4) is 0 Å². The molecular formula is C11H9NO2. The van der Waals surface area contributed by atoms with Crippen LogP contribution < -0.4 is 0 Å². The number of nitrogens with one attached hydrogen (secondary N) is 1. The van der Waals surface area contributed by atoms with Crippen molar-refractivity contribution < 1.29 is 9.53 Å². The van der Waals surface area contributed by atoms with E-state index in [1.165, 1.54) is 5.56 Å². The maximum atomic E-state index is 10.8. The molecule has 0 unspecified atom stereocenters. The Morgan fingerprint density at radius 2 is 2.29 bits per heavy atom. The fourth-order valence-electron chi connectivity index (χ4n) is 2.02. The number of aldehydes is 1. The van der Waals surface area contributed by atoms with Gasteiger partial charge < -0.3 is 9.72 Å². The van der Waals surface area contributed by atoms with E-state index < -0.39 is 0 Å². The number of carbonyl (C=O) groups excluding carboxylic acids is 1. The van der Waals surface area contributed by atoms with Crippen molar-refractivity contribution in [2.75, 3.05) is 0 Å². The van der Waals surface area contributed by atoms with Crippen molar-refractivity contribution in [3.8, 4) is 0 Å². The third-order valence-corrected chi connectivity index (χ3v) is 2.71. The Hall–Kier alpha value is -1.61. The third kappa shape index (κ3) is 0.873. The minimum Gasteiger partial charge on any atom is -0.372 e. The number of aromatic amines is 1. The Kier molecular flexibility index (Phi) is 1.49. The lowest BCUT2D eigenvalue weighted by Crippen LogP contribution is -1.85. The van der Waals surface area contributed by atoms with Crippen molar-refractivity contribution in [1.82, 2.24) is 4.98 Å². The van der Waals surface area contributed by atoms with Gasteiger partial charge in [-0.2, -0.15) is 0 Å². The molecule has 0 bridgehead atoms. The summed E-state index contributed by atoms with van der Waals surface area (Å²) >= 11 is 0. The number of benzene rings is 1. The van der Waals surface area contributed by atoms with E-state index in [0.717, 1.165) is 28.3 Å². The van der Waals surface area contributed by atoms with Gasteiger partial charge in [-0.25, -0.2) is 0 Å². The molecule has 0 saturated carbocycles. The molecule has 2 aromatic rings. The number of rotatable bonds is 1. The molecule has 1 N–H and O–H groups in total. The summed E-state index contributed by atoms with van der Waals surface area (Å²) in [5.41, 5.74) is 4.09. The predicted molar refractivity (Wildman–Crippen MR) is 52.2 cm³/mol. The minimum absolute atomic E-state index is 0.616. The van der Waals surface area contributed by atoms with Crippen LogP contribution >= 0.6 is 0 Å². The maximum absolute atomic E-state index is 10.8. The quantitative estimate of drug-likeness (QED) is 0.694. The Bertz CT molecular complexity index is 513. The normalized spacial score (nSPS) is 14.6. The van der Waals surface area contributed by atoms with E-state index in [-0.39, 0.29) is 0 Å². The van der Waals surface area contributed by atoms with Gasteiger partial charge in [-0.1, -0.05) is 6.07 Å². The van der Waals surface area contributed by atoms with Crippen LogP contribution in [-0.2, 0) is 18.0 Å². The van der Waals surface area contributed by atoms with E-state index in [1.807, 2.05) is 6.07 Å². The summed E-state index contributed by atoms with van der Waals surface area (Å²) in [6.45, 7) is 1.28. The van der Waals surface area contributed by atoms with E-state index in [2.05, 4.69) is 11.1 Å². The van der Waals surface area contributed by atoms with Gasteiger partial charge in [-0.3, -0.25) is 4.79 Å². The first-order chi connectivity index (χ1) is 6.90. The molecule has 3 heteroatoms. The number of ether oxygens (including phenoxy) is 1. The van der Waals surface area contributed by atoms with Crippen molar-refractivity contribution >= 4 is 17.2 Å². The topological polar surface area (TPSA) is 42.1 Å². The van der Waals surface area contributed by atoms with Crippen molar-refractivity contribution in [3.63, 3.8) is 0 Å². The van der Waals surface area contributed by atoms with E-state index in [0.29, 0.717) is 13.2 Å². The average molecular weight is 187 g/mol. The highest BCUT2D eigenvalue weighted by Crippen LogP contribution is 2.29. The van der Waals surface area contributed by atoms with E-state index in [9.17, 15) is 4.79 Å². The maximum Gasteiger partial charge on any atom is 0.152 e. The van der Waals surface area contributed by atoms with Crippen molar-refractivity contribution in [2.24, 2.45) is 0 Å². The van der Waals surface area contributed by atoms with Gasteiger partial charge in [-0.05, 0) is 17.2 Å². The van der Waals surface area contributed by atoms with Gasteiger partial charge >= 0.3 is 0 Å². The van der Waals surface area contributed by atoms with Crippen molar-refractivity contribution in [1.29, 1.82) is 0 Å². The van der Waals surface area contributed by atoms with Crippen LogP contribution in [0, 0.1) is 0 Å². The summed E-state index contributed by atoms with van der Waals surface area (Å²) in [5.74, 6) is 0. The first-order valence-corrected chi connectivity index (χ1v) is 4.55. The highest BCUT2D eigenvalue weighted by molar-refractivity contribution is 5.99. The van der Waals surface area contributed by atoms with Crippen LogP contribution in [0.2, 0.25) is 0 Å². The second-order valence-corrected chi connectivity index (χ2v) is 3.48. The molecule has 0 fully saturated rings. The number of fused-ring (bicyclic) bond motifs is 3. The molecule has 1 aliphatic rings. The zero-order chi connectivity index (χ0) is 9.54. The number of hydrogen-bond donors (Lipinski definition) is 1. The Morgan fingerprint density at radius 3 is 3.14 bits per heavy atom. The van der Waals surface area contributed by atoms with Crippen molar-refractivity contribution in [3.05, 3.63) is 35.0 Å². The summed E-state index contributed by atoms with van der Waals surface area (Å²) in [6, 6.07) is 4.05. The standard InChI is InChI=1S/C11H9NO2/c13-4-8-3-12-10-2-1-7-5-14-6-9(7)11(8)10/h1-4,12H,5-6H2. The Labute approximate surface area is 80.7 Å². The number of hydrogen-bond acceptors (Lipinski definition) is 2. The molecule has 0 atom stereocenters. The fraction of sp³-hybridized carbons (Fsp3) is 0.182. The molecule has 0 spiro atoms. The first kappa shape index (κ1) is 7.76. The van der Waals surface area contributed by atoms with Gasteiger partial charge in [-0.15, -0.1) is 0 Å². The lowest BCUT2D eigenvalue weighted by atomic mass is 10.0. The van der Waals surface area contributed by atoms with Gasteiger partial charge in [0.25, 0.3) is 0 Å². The highest BCUT2D eigenvalue weighted by atomic mass is 16.5. The zero-order valence-corrected chi connectivity index (χ0v) is 7.54. The van der Waals surface area contributed by atoms with E-state index in [1.54, 1.807) is 6.20 Å². The van der Waals surface area contributed by atoms with Crippen LogP contribution in [0.5, 0.6) is 0 Å². The zero-order valence-electron chi connectivity index (χ0n) is 7.54. The van der Waals surface area contributed by atoms with E-state index in [4.69, 9.17) is 4.74 Å². The summed E-state index contributed by atoms with van der Waals surface area (Å²) in [6.07, 6.45) is 2.63. The van der Waals surface area contributed by atoms with Crippen LogP contribution in [-0.4, -0.2) is 11.3 Å². The van der Waals surface area contributed by atoms with Gasteiger partial charge in [0, 0.05) is 22.7 Å². The highest BCUT2D eigenvalue weighted by Gasteiger charge is 2.17. The van der Waals surface area contributed by atoms with Crippen LogP contribution in [0.15, 0.2) is 18.3 Å². The molecule has 0 amide bonds. The molecule has 3 nitrogen and oxygen atoms in total. The summed E-state index contributed by atoms with van der Waals surface area (Å²) < 4.78 is 5.36. The fourth-order valence-corrected chi connectivity index (χ4v) is 2.02. The average Bonchev–Trinajstić information content (AvgIpc) is 2.82. The monoisotopic (exact) mass is 187 g/mol. The number of aromatic nitrogens is 1. The first-order valence-electron chi connectivity index (χ1n) is 4.55. The second kappa shape index (κ2) is 2.69. The van der Waals surface area contributed by atoms with Crippen molar-refractivity contribution in [2.45, 2.75) is 13.2 Å². The van der Waals surface area contributed by atoms with Crippen LogP contribution in [0.1, 0.15) is 21.5 Å². The molecule has 0 radical (unpaired) electrons. The summed E-state index contributed by atoms with van der Waals surface area (Å²) in [7, 11) is 0. The van der Waals surface area contributed by atoms with Gasteiger partial charge in [0.15, 0.2) is 6.29 Å². The minimum atomic E-state index is 0.616. The Balaban J connectivity index is 2.44. The molecule has 14 heavy (non-hydrogen) atoms. The van der Waals surface area contributed by atoms with Gasteiger partial charge in [0.05, 0.1) is 13.2 Å². The molecular weight excluding hydrogens is 178 g/mol. The second-order valence-electron chi connectivity index (χ2n) is 3.48. The molecule has 1 aromatic carbocycles. The van der Waals surface area contributed by atoms with Crippen LogP contribution in [0.25, 0.3) is 10.9 Å². The molecule has 0 saturated heterocycles. The molecule has 70 valence electrons. The molecule has 3 rings (SSSR count). The molecule has 0 aliphatic carbocycles.